The van der Waals surface area contributed by atoms with Crippen LogP contribution in [0.2, 0.25) is 0 Å². The topological polar surface area (TPSA) is 115 Å². The lowest BCUT2D eigenvalue weighted by Gasteiger charge is -2.36. The first-order valence-electron chi connectivity index (χ1n) is 7.95. The van der Waals surface area contributed by atoms with Crippen LogP contribution < -0.4 is 0 Å². The van der Waals surface area contributed by atoms with Gasteiger partial charge in [0.2, 0.25) is 5.91 Å². The number of hydrogen-bond donors (Lipinski definition) is 2. The van der Waals surface area contributed by atoms with Crippen LogP contribution in [0.3, 0.4) is 0 Å². The molecule has 2 aliphatic rings. The third kappa shape index (κ3) is 5.87. The molecule has 0 saturated carbocycles. The SMILES string of the molecule is O=C(CN1CCOCC1)N1CCN(Cc2ncn[nH]2)CC1.O=CO. The molecule has 10 nitrogen and oxygen atoms in total. The third-order valence-corrected chi connectivity index (χ3v) is 4.03. The summed E-state index contributed by atoms with van der Waals surface area (Å²) in [4.78, 5) is 31.2. The molecule has 1 amide bonds. The Kier molecular flexibility index (Phi) is 7.59. The highest BCUT2D eigenvalue weighted by Gasteiger charge is 2.23. The number of piperazine rings is 1. The lowest BCUT2D eigenvalue weighted by atomic mass is 10.3. The van der Waals surface area contributed by atoms with Gasteiger partial charge in [0.05, 0.1) is 26.3 Å². The maximum atomic E-state index is 12.3. The second kappa shape index (κ2) is 9.96. The van der Waals surface area contributed by atoms with Crippen LogP contribution >= 0.6 is 0 Å². The van der Waals surface area contributed by atoms with Crippen molar-refractivity contribution in [1.29, 1.82) is 0 Å². The molecule has 0 aliphatic carbocycles. The average molecular weight is 340 g/mol. The fraction of sp³-hybridized carbons (Fsp3) is 0.714. The number of carbonyl (C=O) groups excluding carboxylic acids is 1. The van der Waals surface area contributed by atoms with Gasteiger partial charge >= 0.3 is 0 Å². The van der Waals surface area contributed by atoms with Crippen LogP contribution in [0, 0.1) is 0 Å². The second-order valence-corrected chi connectivity index (χ2v) is 5.58. The van der Waals surface area contributed by atoms with Gasteiger partial charge in [0.25, 0.3) is 6.47 Å². The van der Waals surface area contributed by atoms with Gasteiger partial charge in [-0.05, 0) is 0 Å². The average Bonchev–Trinajstić information content (AvgIpc) is 3.10. The number of aromatic nitrogens is 3. The minimum Gasteiger partial charge on any atom is -0.483 e. The van der Waals surface area contributed by atoms with Crippen molar-refractivity contribution in [3.8, 4) is 0 Å². The minimum atomic E-state index is -0.250. The molecule has 2 N–H and O–H groups in total. The molecule has 1 aromatic heterocycles. The van der Waals surface area contributed by atoms with Crippen LogP contribution in [-0.4, -0.2) is 106 Å². The van der Waals surface area contributed by atoms with Gasteiger partial charge in [-0.1, -0.05) is 0 Å². The van der Waals surface area contributed by atoms with Gasteiger partial charge in [-0.25, -0.2) is 4.98 Å². The van der Waals surface area contributed by atoms with Gasteiger partial charge in [-0.15, -0.1) is 0 Å². The normalized spacial score (nSPS) is 19.4. The molecule has 0 aromatic carbocycles. The van der Waals surface area contributed by atoms with Crippen molar-refractivity contribution in [2.75, 3.05) is 59.0 Å². The number of amides is 1. The number of aromatic amines is 1. The number of nitrogens with one attached hydrogen (secondary N) is 1. The van der Waals surface area contributed by atoms with E-state index in [0.29, 0.717) is 6.54 Å². The van der Waals surface area contributed by atoms with E-state index in [-0.39, 0.29) is 12.4 Å². The first kappa shape index (κ1) is 18.3. The maximum absolute atomic E-state index is 12.3. The van der Waals surface area contributed by atoms with Crippen molar-refractivity contribution in [2.24, 2.45) is 0 Å². The standard InChI is InChI=1S/C13H22N6O2.CH2O2/c20-13(10-18-5-7-21-8-6-18)19-3-1-17(2-4-19)9-12-14-11-15-16-12;2-1-3/h11H,1-10H2,(H,14,15,16);1H,(H,2,3). The first-order valence-corrected chi connectivity index (χ1v) is 7.95. The largest absolute Gasteiger partial charge is 0.483 e. The van der Waals surface area contributed by atoms with E-state index in [1.807, 2.05) is 4.90 Å². The molecule has 134 valence electrons. The highest BCUT2D eigenvalue weighted by Crippen LogP contribution is 2.06. The van der Waals surface area contributed by atoms with Gasteiger partial charge in [0.1, 0.15) is 12.2 Å². The van der Waals surface area contributed by atoms with Crippen LogP contribution in [0.1, 0.15) is 5.82 Å². The summed E-state index contributed by atoms with van der Waals surface area (Å²) in [7, 11) is 0. The number of H-pyrrole nitrogens is 1. The monoisotopic (exact) mass is 340 g/mol. The lowest BCUT2D eigenvalue weighted by molar-refractivity contribution is -0.135. The van der Waals surface area contributed by atoms with Crippen LogP contribution in [0.4, 0.5) is 0 Å². The smallest absolute Gasteiger partial charge is 0.290 e. The molecular formula is C14H24N6O4. The third-order valence-electron chi connectivity index (χ3n) is 4.03. The number of nitrogens with zero attached hydrogens (tertiary/aromatic N) is 5. The number of rotatable bonds is 4. The lowest BCUT2D eigenvalue weighted by Crippen LogP contribution is -2.52. The molecule has 0 spiro atoms. The first-order chi connectivity index (χ1) is 11.7. The van der Waals surface area contributed by atoms with Crippen molar-refractivity contribution in [3.05, 3.63) is 12.2 Å². The van der Waals surface area contributed by atoms with Gasteiger partial charge in [0, 0.05) is 39.3 Å². The Morgan fingerprint density at radius 2 is 1.88 bits per heavy atom. The Labute approximate surface area is 140 Å². The van der Waals surface area contributed by atoms with E-state index in [9.17, 15) is 4.79 Å². The summed E-state index contributed by atoms with van der Waals surface area (Å²) in [5.74, 6) is 1.11. The molecule has 3 rings (SSSR count). The zero-order chi connectivity index (χ0) is 17.2. The molecule has 24 heavy (non-hydrogen) atoms. The molecule has 2 fully saturated rings. The Balaban J connectivity index is 0.000000647. The van der Waals surface area contributed by atoms with Gasteiger partial charge in [0.15, 0.2) is 0 Å². The molecule has 3 heterocycles. The summed E-state index contributed by atoms with van der Waals surface area (Å²) in [6.45, 7) is 7.57. The van der Waals surface area contributed by atoms with Gasteiger partial charge < -0.3 is 14.7 Å². The van der Waals surface area contributed by atoms with Crippen LogP contribution in [-0.2, 0) is 20.9 Å². The molecule has 0 atom stereocenters. The van der Waals surface area contributed by atoms with Crippen molar-refractivity contribution in [3.63, 3.8) is 0 Å². The summed E-state index contributed by atoms with van der Waals surface area (Å²) >= 11 is 0. The molecule has 2 aliphatic heterocycles. The number of morpholine rings is 1. The molecule has 0 unspecified atom stereocenters. The highest BCUT2D eigenvalue weighted by molar-refractivity contribution is 5.78. The molecular weight excluding hydrogens is 316 g/mol. The number of ether oxygens (including phenoxy) is 1. The van der Waals surface area contributed by atoms with E-state index in [1.54, 1.807) is 0 Å². The van der Waals surface area contributed by atoms with Crippen molar-refractivity contribution >= 4 is 12.4 Å². The van der Waals surface area contributed by atoms with E-state index in [1.165, 1.54) is 6.33 Å². The van der Waals surface area contributed by atoms with E-state index in [0.717, 1.165) is 64.9 Å². The van der Waals surface area contributed by atoms with Crippen LogP contribution in [0.15, 0.2) is 6.33 Å². The van der Waals surface area contributed by atoms with Crippen molar-refractivity contribution < 1.29 is 19.4 Å². The maximum Gasteiger partial charge on any atom is 0.290 e. The van der Waals surface area contributed by atoms with Crippen LogP contribution in [0.25, 0.3) is 0 Å². The van der Waals surface area contributed by atoms with E-state index in [4.69, 9.17) is 14.6 Å². The zero-order valence-electron chi connectivity index (χ0n) is 13.6. The summed E-state index contributed by atoms with van der Waals surface area (Å²) in [6, 6.07) is 0. The van der Waals surface area contributed by atoms with Crippen molar-refractivity contribution in [2.45, 2.75) is 6.54 Å². The zero-order valence-corrected chi connectivity index (χ0v) is 13.6. The summed E-state index contributed by atoms with van der Waals surface area (Å²) in [5, 5.41) is 13.6. The quantitative estimate of drug-likeness (QED) is 0.635. The van der Waals surface area contributed by atoms with Gasteiger partial charge in [-0.3, -0.25) is 24.5 Å². The summed E-state index contributed by atoms with van der Waals surface area (Å²) < 4.78 is 5.30. The minimum absolute atomic E-state index is 0.233. The van der Waals surface area contributed by atoms with Crippen LogP contribution in [0.5, 0.6) is 0 Å². The fourth-order valence-corrected chi connectivity index (χ4v) is 2.72. The highest BCUT2D eigenvalue weighted by atomic mass is 16.5. The summed E-state index contributed by atoms with van der Waals surface area (Å²) in [6.07, 6.45) is 1.53. The molecule has 0 radical (unpaired) electrons. The molecule has 10 heteroatoms. The number of hydrogen-bond acceptors (Lipinski definition) is 7. The predicted octanol–water partition coefficient (Wildman–Crippen LogP) is -1.52. The van der Waals surface area contributed by atoms with E-state index < -0.39 is 0 Å². The van der Waals surface area contributed by atoms with E-state index >= 15 is 0 Å². The fourth-order valence-electron chi connectivity index (χ4n) is 2.72. The van der Waals surface area contributed by atoms with Crippen molar-refractivity contribution in [1.82, 2.24) is 29.9 Å². The van der Waals surface area contributed by atoms with Gasteiger partial charge in [-0.2, -0.15) is 5.10 Å². The number of carbonyl (C=O) groups is 2. The Bertz CT molecular complexity index is 483. The molecule has 0 bridgehead atoms. The molecule has 2 saturated heterocycles. The Hall–Kier alpha value is -2.04. The second-order valence-electron chi connectivity index (χ2n) is 5.58. The number of carboxylic acid groups (broad SMARTS) is 1. The Morgan fingerprint density at radius 3 is 2.46 bits per heavy atom. The summed E-state index contributed by atoms with van der Waals surface area (Å²) in [5.41, 5.74) is 0. The van der Waals surface area contributed by atoms with E-state index in [2.05, 4.69) is 25.0 Å². The Morgan fingerprint density at radius 1 is 1.21 bits per heavy atom. The predicted molar refractivity (Wildman–Crippen MR) is 84.2 cm³/mol. The molecule has 1 aromatic rings.